The smallest absolute Gasteiger partial charge is 0.329 e. The van der Waals surface area contributed by atoms with Crippen LogP contribution in [0.2, 0.25) is 0 Å². The summed E-state index contributed by atoms with van der Waals surface area (Å²) in [4.78, 5) is 24.2. The molecule has 3 N–H and O–H groups in total. The Labute approximate surface area is 116 Å². The van der Waals surface area contributed by atoms with Crippen molar-refractivity contribution >= 4 is 23.3 Å². The van der Waals surface area contributed by atoms with Crippen LogP contribution in [0.25, 0.3) is 0 Å². The van der Waals surface area contributed by atoms with Gasteiger partial charge in [-0.25, -0.2) is 9.59 Å². The third kappa shape index (κ3) is 3.26. The van der Waals surface area contributed by atoms with Crippen LogP contribution >= 0.6 is 11.3 Å². The SMILES string of the molecule is CC(Cc1cccs1)NC(=O)NC1(C(=O)O)CCC1. The maximum absolute atomic E-state index is 11.8. The predicted octanol–water partition coefficient (Wildman–Crippen LogP) is 1.99. The second-order valence-corrected chi connectivity index (χ2v) is 6.06. The maximum atomic E-state index is 11.8. The van der Waals surface area contributed by atoms with E-state index >= 15 is 0 Å². The number of aliphatic carboxylic acids is 1. The number of rotatable bonds is 5. The zero-order chi connectivity index (χ0) is 13.9. The summed E-state index contributed by atoms with van der Waals surface area (Å²) in [6, 6.07) is 3.57. The zero-order valence-corrected chi connectivity index (χ0v) is 11.6. The molecule has 1 saturated carbocycles. The largest absolute Gasteiger partial charge is 0.480 e. The quantitative estimate of drug-likeness (QED) is 0.772. The van der Waals surface area contributed by atoms with Gasteiger partial charge < -0.3 is 15.7 Å². The van der Waals surface area contributed by atoms with Crippen molar-refractivity contribution in [2.45, 2.75) is 44.2 Å². The van der Waals surface area contributed by atoms with Crippen LogP contribution in [-0.2, 0) is 11.2 Å². The van der Waals surface area contributed by atoms with Gasteiger partial charge in [0.1, 0.15) is 5.54 Å². The van der Waals surface area contributed by atoms with Gasteiger partial charge in [0, 0.05) is 17.3 Å². The summed E-state index contributed by atoms with van der Waals surface area (Å²) in [6.07, 6.45) is 2.62. The maximum Gasteiger partial charge on any atom is 0.329 e. The second kappa shape index (κ2) is 5.61. The van der Waals surface area contributed by atoms with Gasteiger partial charge in [-0.1, -0.05) is 6.07 Å². The first-order chi connectivity index (χ1) is 9.02. The van der Waals surface area contributed by atoms with Crippen molar-refractivity contribution < 1.29 is 14.7 Å². The van der Waals surface area contributed by atoms with E-state index in [0.29, 0.717) is 12.8 Å². The number of carboxylic acids is 1. The predicted molar refractivity (Wildman–Crippen MR) is 73.4 cm³/mol. The molecular weight excluding hydrogens is 264 g/mol. The number of carbonyl (C=O) groups excluding carboxylic acids is 1. The molecule has 1 fully saturated rings. The highest BCUT2D eigenvalue weighted by atomic mass is 32.1. The summed E-state index contributed by atoms with van der Waals surface area (Å²) >= 11 is 1.65. The number of hydrogen-bond acceptors (Lipinski definition) is 3. The lowest BCUT2D eigenvalue weighted by Gasteiger charge is -2.38. The molecule has 1 atom stereocenters. The van der Waals surface area contributed by atoms with Gasteiger partial charge in [0.2, 0.25) is 0 Å². The lowest BCUT2D eigenvalue weighted by atomic mass is 9.77. The van der Waals surface area contributed by atoms with Crippen LogP contribution < -0.4 is 10.6 Å². The molecule has 0 aromatic carbocycles. The Bertz CT molecular complexity index is 454. The minimum Gasteiger partial charge on any atom is -0.480 e. The van der Waals surface area contributed by atoms with Crippen LogP contribution in [0.4, 0.5) is 4.79 Å². The first kappa shape index (κ1) is 13.9. The average molecular weight is 282 g/mol. The van der Waals surface area contributed by atoms with Crippen LogP contribution in [0.1, 0.15) is 31.1 Å². The van der Waals surface area contributed by atoms with Gasteiger partial charge in [-0.3, -0.25) is 0 Å². The van der Waals surface area contributed by atoms with Crippen molar-refractivity contribution in [2.75, 3.05) is 0 Å². The summed E-state index contributed by atoms with van der Waals surface area (Å²) in [6.45, 7) is 1.91. The van der Waals surface area contributed by atoms with Crippen molar-refractivity contribution in [3.63, 3.8) is 0 Å². The van der Waals surface area contributed by atoms with Crippen LogP contribution in [0, 0.1) is 0 Å². The van der Waals surface area contributed by atoms with Crippen molar-refractivity contribution in [2.24, 2.45) is 0 Å². The highest BCUT2D eigenvalue weighted by Gasteiger charge is 2.45. The van der Waals surface area contributed by atoms with Crippen LogP contribution in [0.3, 0.4) is 0 Å². The molecule has 6 heteroatoms. The lowest BCUT2D eigenvalue weighted by molar-refractivity contribution is -0.148. The van der Waals surface area contributed by atoms with Gasteiger partial charge in [0.05, 0.1) is 0 Å². The number of thiophene rings is 1. The van der Waals surface area contributed by atoms with Gasteiger partial charge >= 0.3 is 12.0 Å². The standard InChI is InChI=1S/C13H18N2O3S/c1-9(8-10-4-2-7-19-10)14-12(18)15-13(11(16)17)5-3-6-13/h2,4,7,9H,3,5-6,8H2,1H3,(H,16,17)(H2,14,15,18). The van der Waals surface area contributed by atoms with Gasteiger partial charge in [0.25, 0.3) is 0 Å². The normalized spacial score (nSPS) is 18.2. The summed E-state index contributed by atoms with van der Waals surface area (Å²) in [5, 5.41) is 16.5. The number of carboxylic acid groups (broad SMARTS) is 1. The third-order valence-corrected chi connectivity index (χ3v) is 4.33. The fourth-order valence-corrected chi connectivity index (χ4v) is 3.02. The molecule has 0 radical (unpaired) electrons. The van der Waals surface area contributed by atoms with E-state index in [1.54, 1.807) is 11.3 Å². The topological polar surface area (TPSA) is 78.4 Å². The van der Waals surface area contributed by atoms with Crippen LogP contribution in [0.15, 0.2) is 17.5 Å². The molecule has 19 heavy (non-hydrogen) atoms. The van der Waals surface area contributed by atoms with Gasteiger partial charge in [0.15, 0.2) is 0 Å². The van der Waals surface area contributed by atoms with E-state index in [1.807, 2.05) is 24.4 Å². The summed E-state index contributed by atoms with van der Waals surface area (Å²) in [7, 11) is 0. The van der Waals surface area contributed by atoms with Crippen molar-refractivity contribution in [3.8, 4) is 0 Å². The molecule has 1 aromatic rings. The molecule has 2 amide bonds. The summed E-state index contributed by atoms with van der Waals surface area (Å²) < 4.78 is 0. The minimum atomic E-state index is -1.05. The monoisotopic (exact) mass is 282 g/mol. The Morgan fingerprint density at radius 2 is 2.26 bits per heavy atom. The summed E-state index contributed by atoms with van der Waals surface area (Å²) in [5.41, 5.74) is -1.05. The Morgan fingerprint density at radius 3 is 2.74 bits per heavy atom. The molecular formula is C13H18N2O3S. The van der Waals surface area contributed by atoms with Gasteiger partial charge in [-0.05, 0) is 37.6 Å². The van der Waals surface area contributed by atoms with Crippen LogP contribution in [0.5, 0.6) is 0 Å². The molecule has 1 aliphatic rings. The van der Waals surface area contributed by atoms with Crippen molar-refractivity contribution in [1.29, 1.82) is 0 Å². The van der Waals surface area contributed by atoms with E-state index < -0.39 is 17.5 Å². The van der Waals surface area contributed by atoms with E-state index in [4.69, 9.17) is 5.11 Å². The molecule has 1 unspecified atom stereocenters. The Balaban J connectivity index is 1.82. The lowest BCUT2D eigenvalue weighted by Crippen LogP contribution is -2.61. The van der Waals surface area contributed by atoms with E-state index in [-0.39, 0.29) is 6.04 Å². The van der Waals surface area contributed by atoms with Crippen molar-refractivity contribution in [3.05, 3.63) is 22.4 Å². The number of nitrogens with one attached hydrogen (secondary N) is 2. The first-order valence-electron chi connectivity index (χ1n) is 6.36. The third-order valence-electron chi connectivity index (χ3n) is 3.43. The molecule has 2 rings (SSSR count). The minimum absolute atomic E-state index is 0.0235. The number of carbonyl (C=O) groups is 2. The van der Waals surface area contributed by atoms with Crippen LogP contribution in [-0.4, -0.2) is 28.7 Å². The van der Waals surface area contributed by atoms with E-state index in [2.05, 4.69) is 10.6 Å². The van der Waals surface area contributed by atoms with Gasteiger partial charge in [-0.15, -0.1) is 11.3 Å². The van der Waals surface area contributed by atoms with Gasteiger partial charge in [-0.2, -0.15) is 0 Å². The fraction of sp³-hybridized carbons (Fsp3) is 0.538. The highest BCUT2D eigenvalue weighted by molar-refractivity contribution is 7.09. The second-order valence-electron chi connectivity index (χ2n) is 5.02. The Kier molecular flexibility index (Phi) is 4.09. The molecule has 1 aromatic heterocycles. The molecule has 1 aliphatic carbocycles. The molecule has 5 nitrogen and oxygen atoms in total. The zero-order valence-electron chi connectivity index (χ0n) is 10.8. The molecule has 104 valence electrons. The van der Waals surface area contributed by atoms with E-state index in [9.17, 15) is 9.59 Å². The highest BCUT2D eigenvalue weighted by Crippen LogP contribution is 2.31. The number of amides is 2. The molecule has 0 saturated heterocycles. The summed E-state index contributed by atoms with van der Waals surface area (Å²) in [5.74, 6) is -0.945. The number of hydrogen-bond donors (Lipinski definition) is 3. The molecule has 0 aliphatic heterocycles. The average Bonchev–Trinajstić information content (AvgIpc) is 2.75. The molecule has 0 bridgehead atoms. The fourth-order valence-electron chi connectivity index (χ4n) is 2.18. The molecule has 1 heterocycles. The first-order valence-corrected chi connectivity index (χ1v) is 7.24. The Morgan fingerprint density at radius 1 is 1.53 bits per heavy atom. The van der Waals surface area contributed by atoms with E-state index in [0.717, 1.165) is 12.8 Å². The van der Waals surface area contributed by atoms with E-state index in [1.165, 1.54) is 4.88 Å². The number of urea groups is 1. The Hall–Kier alpha value is -1.56. The molecule has 0 spiro atoms. The van der Waals surface area contributed by atoms with Crippen molar-refractivity contribution in [1.82, 2.24) is 10.6 Å².